The number of nitrogens with one attached hydrogen (secondary N) is 1. The Balaban J connectivity index is 1.88. The van der Waals surface area contributed by atoms with Crippen molar-refractivity contribution in [3.8, 4) is 0 Å². The number of ether oxygens (including phenoxy) is 1. The number of hydrogen-bond acceptors (Lipinski definition) is 4. The SMILES string of the molecule is CN(CC(=O)NC1CC1)C(=O)COC(=O)c1ccccc1C(F)(F)F. The first-order valence-corrected chi connectivity index (χ1v) is 7.55. The smallest absolute Gasteiger partial charge is 0.417 e. The van der Waals surface area contributed by atoms with Crippen LogP contribution in [0.15, 0.2) is 24.3 Å². The fraction of sp³-hybridized carbons (Fsp3) is 0.438. The van der Waals surface area contributed by atoms with Gasteiger partial charge in [0.05, 0.1) is 17.7 Å². The van der Waals surface area contributed by atoms with E-state index in [0.717, 1.165) is 35.9 Å². The average molecular weight is 358 g/mol. The van der Waals surface area contributed by atoms with Crippen LogP contribution in [0, 0.1) is 0 Å². The molecule has 0 spiro atoms. The van der Waals surface area contributed by atoms with Gasteiger partial charge in [-0.1, -0.05) is 12.1 Å². The molecule has 0 aliphatic heterocycles. The van der Waals surface area contributed by atoms with Crippen molar-refractivity contribution in [1.82, 2.24) is 10.2 Å². The minimum Gasteiger partial charge on any atom is -0.452 e. The summed E-state index contributed by atoms with van der Waals surface area (Å²) in [7, 11) is 1.34. The summed E-state index contributed by atoms with van der Waals surface area (Å²) in [6, 6.07) is 4.29. The number of halogens is 3. The molecule has 0 saturated heterocycles. The predicted octanol–water partition coefficient (Wildman–Crippen LogP) is 1.60. The molecule has 1 saturated carbocycles. The van der Waals surface area contributed by atoms with E-state index in [4.69, 9.17) is 0 Å². The molecule has 2 rings (SSSR count). The molecule has 1 aromatic rings. The molecule has 6 nitrogen and oxygen atoms in total. The molecule has 25 heavy (non-hydrogen) atoms. The third kappa shape index (κ3) is 5.47. The van der Waals surface area contributed by atoms with Crippen molar-refractivity contribution < 1.29 is 32.3 Å². The maximum absolute atomic E-state index is 12.9. The van der Waals surface area contributed by atoms with Gasteiger partial charge in [0, 0.05) is 13.1 Å². The van der Waals surface area contributed by atoms with Gasteiger partial charge < -0.3 is 15.0 Å². The molecule has 9 heteroatoms. The molecule has 1 aliphatic carbocycles. The lowest BCUT2D eigenvalue weighted by Gasteiger charge is -2.17. The van der Waals surface area contributed by atoms with E-state index < -0.39 is 35.8 Å². The maximum atomic E-state index is 12.9. The quantitative estimate of drug-likeness (QED) is 0.784. The number of nitrogens with zero attached hydrogens (tertiary/aromatic N) is 1. The van der Waals surface area contributed by atoms with Gasteiger partial charge in [0.15, 0.2) is 6.61 Å². The van der Waals surface area contributed by atoms with E-state index >= 15 is 0 Å². The number of carbonyl (C=O) groups excluding carboxylic acids is 3. The lowest BCUT2D eigenvalue weighted by atomic mass is 10.1. The molecule has 1 aromatic carbocycles. The molecule has 0 heterocycles. The monoisotopic (exact) mass is 358 g/mol. The van der Waals surface area contributed by atoms with Crippen LogP contribution in [0.3, 0.4) is 0 Å². The molecule has 1 N–H and O–H groups in total. The molecule has 0 unspecified atom stereocenters. The first-order chi connectivity index (χ1) is 11.7. The van der Waals surface area contributed by atoms with E-state index in [1.54, 1.807) is 0 Å². The Morgan fingerprint density at radius 3 is 2.48 bits per heavy atom. The van der Waals surface area contributed by atoms with Crippen LogP contribution < -0.4 is 5.32 Å². The second kappa shape index (κ2) is 7.54. The topological polar surface area (TPSA) is 75.7 Å². The van der Waals surface area contributed by atoms with E-state index in [-0.39, 0.29) is 18.5 Å². The summed E-state index contributed by atoms with van der Waals surface area (Å²) in [6.07, 6.45) is -2.91. The summed E-state index contributed by atoms with van der Waals surface area (Å²) in [4.78, 5) is 36.3. The highest BCUT2D eigenvalue weighted by atomic mass is 19.4. The number of likely N-dealkylation sites (N-methyl/N-ethyl adjacent to an activating group) is 1. The summed E-state index contributed by atoms with van der Waals surface area (Å²) in [5.41, 5.74) is -1.80. The van der Waals surface area contributed by atoms with E-state index in [2.05, 4.69) is 10.1 Å². The zero-order valence-electron chi connectivity index (χ0n) is 13.4. The number of benzene rings is 1. The number of carbonyl (C=O) groups is 3. The lowest BCUT2D eigenvalue weighted by molar-refractivity contribution is -0.138. The van der Waals surface area contributed by atoms with Gasteiger partial charge in [0.25, 0.3) is 5.91 Å². The van der Waals surface area contributed by atoms with Gasteiger partial charge in [-0.05, 0) is 25.0 Å². The van der Waals surface area contributed by atoms with Gasteiger partial charge in [0.2, 0.25) is 5.91 Å². The Kier molecular flexibility index (Phi) is 5.66. The van der Waals surface area contributed by atoms with Crippen molar-refractivity contribution in [1.29, 1.82) is 0 Å². The number of esters is 1. The third-order valence-corrected chi connectivity index (χ3v) is 3.53. The molecule has 136 valence electrons. The average Bonchev–Trinajstić information content (AvgIpc) is 3.35. The van der Waals surface area contributed by atoms with Crippen LogP contribution in [0.5, 0.6) is 0 Å². The van der Waals surface area contributed by atoms with Gasteiger partial charge in [-0.3, -0.25) is 9.59 Å². The van der Waals surface area contributed by atoms with Crippen molar-refractivity contribution in [3.05, 3.63) is 35.4 Å². The predicted molar refractivity (Wildman–Crippen MR) is 80.5 cm³/mol. The van der Waals surface area contributed by atoms with Crippen molar-refractivity contribution >= 4 is 17.8 Å². The largest absolute Gasteiger partial charge is 0.452 e. The first kappa shape index (κ1) is 18.8. The van der Waals surface area contributed by atoms with E-state index in [1.165, 1.54) is 13.1 Å². The zero-order valence-corrected chi connectivity index (χ0v) is 13.4. The van der Waals surface area contributed by atoms with E-state index in [1.807, 2.05) is 0 Å². The molecule has 0 bridgehead atoms. The van der Waals surface area contributed by atoms with Gasteiger partial charge in [-0.2, -0.15) is 13.2 Å². The van der Waals surface area contributed by atoms with Crippen molar-refractivity contribution in [2.45, 2.75) is 25.1 Å². The summed E-state index contributed by atoms with van der Waals surface area (Å²) >= 11 is 0. The van der Waals surface area contributed by atoms with Gasteiger partial charge in [-0.25, -0.2) is 4.79 Å². The van der Waals surface area contributed by atoms with Crippen LogP contribution in [0.4, 0.5) is 13.2 Å². The molecule has 2 amide bonds. The van der Waals surface area contributed by atoms with Gasteiger partial charge in [0.1, 0.15) is 0 Å². The first-order valence-electron chi connectivity index (χ1n) is 7.55. The fourth-order valence-electron chi connectivity index (χ4n) is 2.03. The number of rotatable bonds is 6. The molecule has 0 aromatic heterocycles. The van der Waals surface area contributed by atoms with Crippen LogP contribution in [-0.2, 0) is 20.5 Å². The number of alkyl halides is 3. The molecular weight excluding hydrogens is 341 g/mol. The third-order valence-electron chi connectivity index (χ3n) is 3.53. The molecule has 1 aliphatic rings. The second-order valence-electron chi connectivity index (χ2n) is 5.71. The van der Waals surface area contributed by atoms with Crippen molar-refractivity contribution in [3.63, 3.8) is 0 Å². The van der Waals surface area contributed by atoms with Crippen LogP contribution >= 0.6 is 0 Å². The Morgan fingerprint density at radius 2 is 1.88 bits per heavy atom. The lowest BCUT2D eigenvalue weighted by Crippen LogP contribution is -2.40. The Morgan fingerprint density at radius 1 is 1.24 bits per heavy atom. The molecule has 1 fully saturated rings. The maximum Gasteiger partial charge on any atom is 0.417 e. The highest BCUT2D eigenvalue weighted by Crippen LogP contribution is 2.32. The summed E-state index contributed by atoms with van der Waals surface area (Å²) in [5, 5.41) is 2.69. The number of amides is 2. The Labute approximate surface area is 141 Å². The number of hydrogen-bond donors (Lipinski definition) is 1. The van der Waals surface area contributed by atoms with Crippen LogP contribution in [0.2, 0.25) is 0 Å². The second-order valence-corrected chi connectivity index (χ2v) is 5.71. The van der Waals surface area contributed by atoms with E-state index in [9.17, 15) is 27.6 Å². The normalized spacial score (nSPS) is 13.9. The van der Waals surface area contributed by atoms with E-state index in [0.29, 0.717) is 0 Å². The molecule has 0 radical (unpaired) electrons. The summed E-state index contributed by atoms with van der Waals surface area (Å²) in [5.74, 6) is -2.28. The molecular formula is C16H17F3N2O4. The minimum absolute atomic E-state index is 0.146. The Bertz CT molecular complexity index is 672. The zero-order chi connectivity index (χ0) is 18.6. The van der Waals surface area contributed by atoms with Crippen LogP contribution in [-0.4, -0.2) is 48.9 Å². The van der Waals surface area contributed by atoms with Crippen LogP contribution in [0.25, 0.3) is 0 Å². The van der Waals surface area contributed by atoms with Gasteiger partial charge >= 0.3 is 12.1 Å². The fourth-order valence-corrected chi connectivity index (χ4v) is 2.03. The summed E-state index contributed by atoms with van der Waals surface area (Å²) in [6.45, 7) is -0.968. The van der Waals surface area contributed by atoms with Gasteiger partial charge in [-0.15, -0.1) is 0 Å². The highest BCUT2D eigenvalue weighted by molar-refractivity contribution is 5.93. The molecule has 0 atom stereocenters. The summed E-state index contributed by atoms with van der Waals surface area (Å²) < 4.78 is 43.2. The Hall–Kier alpha value is -2.58. The minimum atomic E-state index is -4.71. The van der Waals surface area contributed by atoms with Crippen molar-refractivity contribution in [2.75, 3.05) is 20.2 Å². The standard InChI is InChI=1S/C16H17F3N2O4/c1-21(8-13(22)20-10-6-7-10)14(23)9-25-15(24)11-4-2-3-5-12(11)16(17,18)19/h2-5,10H,6-9H2,1H3,(H,20,22). The van der Waals surface area contributed by atoms with Crippen LogP contribution in [0.1, 0.15) is 28.8 Å². The highest BCUT2D eigenvalue weighted by Gasteiger charge is 2.35. The van der Waals surface area contributed by atoms with Crippen molar-refractivity contribution in [2.24, 2.45) is 0 Å².